The summed E-state index contributed by atoms with van der Waals surface area (Å²) in [5.74, 6) is -0.937. The molecule has 104 valence electrons. The van der Waals surface area contributed by atoms with Crippen LogP contribution in [-0.2, 0) is 16.1 Å². The summed E-state index contributed by atoms with van der Waals surface area (Å²) in [6, 6.07) is 3.93. The molecule has 1 aromatic heterocycles. The van der Waals surface area contributed by atoms with E-state index in [1.165, 1.54) is 0 Å². The Morgan fingerprint density at radius 2 is 2.26 bits per heavy atom. The molecule has 0 saturated heterocycles. The van der Waals surface area contributed by atoms with E-state index in [1.54, 1.807) is 23.3 Å². The third-order valence-corrected chi connectivity index (χ3v) is 4.45. The van der Waals surface area contributed by atoms with Crippen LogP contribution in [0.2, 0.25) is 0 Å². The molecule has 0 spiro atoms. The van der Waals surface area contributed by atoms with Gasteiger partial charge in [-0.3, -0.25) is 14.9 Å². The number of carboxylic acid groups (broad SMARTS) is 1. The predicted octanol–water partition coefficient (Wildman–Crippen LogP) is 1.30. The van der Waals surface area contributed by atoms with E-state index >= 15 is 0 Å². The molecule has 1 saturated carbocycles. The smallest absolute Gasteiger partial charge is 0.323 e. The Balaban J connectivity index is 1.82. The number of thiophene rings is 1. The van der Waals surface area contributed by atoms with Gasteiger partial charge >= 0.3 is 5.97 Å². The average Bonchev–Trinajstić information content (AvgIpc) is 2.79. The zero-order chi connectivity index (χ0) is 13.9. The number of carboxylic acids is 1. The summed E-state index contributed by atoms with van der Waals surface area (Å²) in [6.07, 6.45) is 2.10. The van der Waals surface area contributed by atoms with Crippen molar-refractivity contribution in [3.05, 3.63) is 22.4 Å². The van der Waals surface area contributed by atoms with Crippen LogP contribution in [0.15, 0.2) is 17.5 Å². The van der Waals surface area contributed by atoms with Crippen LogP contribution in [0.4, 0.5) is 0 Å². The van der Waals surface area contributed by atoms with Crippen molar-refractivity contribution in [1.82, 2.24) is 10.2 Å². The topological polar surface area (TPSA) is 69.6 Å². The second-order valence-electron chi connectivity index (χ2n) is 4.92. The molecular formula is C13H18N2O3S. The summed E-state index contributed by atoms with van der Waals surface area (Å²) in [4.78, 5) is 25.8. The molecule has 1 aromatic rings. The van der Waals surface area contributed by atoms with Gasteiger partial charge in [0.05, 0.1) is 13.1 Å². The maximum Gasteiger partial charge on any atom is 0.323 e. The molecule has 5 nitrogen and oxygen atoms in total. The van der Waals surface area contributed by atoms with Gasteiger partial charge in [0.15, 0.2) is 0 Å². The molecule has 0 unspecified atom stereocenters. The molecule has 0 bridgehead atoms. The molecule has 1 fully saturated rings. The van der Waals surface area contributed by atoms with E-state index in [9.17, 15) is 9.59 Å². The molecule has 1 heterocycles. The molecule has 0 aromatic carbocycles. The predicted molar refractivity (Wildman–Crippen MR) is 73.0 cm³/mol. The van der Waals surface area contributed by atoms with E-state index in [4.69, 9.17) is 5.11 Å². The molecule has 1 amide bonds. The number of hydrogen-bond acceptors (Lipinski definition) is 4. The highest BCUT2D eigenvalue weighted by molar-refractivity contribution is 7.09. The summed E-state index contributed by atoms with van der Waals surface area (Å²) in [6.45, 7) is 0.645. The quantitative estimate of drug-likeness (QED) is 0.825. The second kappa shape index (κ2) is 5.71. The largest absolute Gasteiger partial charge is 0.480 e. The average molecular weight is 282 g/mol. The molecule has 2 rings (SSSR count). The van der Waals surface area contributed by atoms with Crippen molar-refractivity contribution >= 4 is 23.2 Å². The highest BCUT2D eigenvalue weighted by Crippen LogP contribution is 2.31. The number of hydrogen-bond donors (Lipinski definition) is 2. The van der Waals surface area contributed by atoms with Gasteiger partial charge < -0.3 is 10.0 Å². The van der Waals surface area contributed by atoms with Crippen LogP contribution in [0.25, 0.3) is 0 Å². The Morgan fingerprint density at radius 1 is 1.53 bits per heavy atom. The number of likely N-dealkylation sites (N-methyl/N-ethyl adjacent to an activating group) is 1. The Bertz CT molecular complexity index is 454. The highest BCUT2D eigenvalue weighted by Gasteiger charge is 2.44. The van der Waals surface area contributed by atoms with Crippen molar-refractivity contribution in [2.45, 2.75) is 31.3 Å². The molecule has 0 radical (unpaired) electrons. The van der Waals surface area contributed by atoms with Crippen molar-refractivity contribution in [1.29, 1.82) is 0 Å². The standard InChI is InChI=1S/C13H18N2O3S/c1-15(9-10-4-2-7-19-10)11(16)8-14-13(12(17)18)5-3-6-13/h2,4,7,14H,3,5-6,8-9H2,1H3,(H,17,18). The minimum Gasteiger partial charge on any atom is -0.480 e. The number of nitrogens with zero attached hydrogens (tertiary/aromatic N) is 1. The number of nitrogens with one attached hydrogen (secondary N) is 1. The van der Waals surface area contributed by atoms with Crippen LogP contribution < -0.4 is 5.32 Å². The summed E-state index contributed by atoms with van der Waals surface area (Å²) in [5, 5.41) is 14.0. The van der Waals surface area contributed by atoms with Crippen LogP contribution in [-0.4, -0.2) is 41.0 Å². The normalized spacial score (nSPS) is 16.7. The fourth-order valence-electron chi connectivity index (χ4n) is 2.10. The van der Waals surface area contributed by atoms with Gasteiger partial charge in [0.25, 0.3) is 0 Å². The van der Waals surface area contributed by atoms with Crippen LogP contribution in [0.1, 0.15) is 24.1 Å². The highest BCUT2D eigenvalue weighted by atomic mass is 32.1. The van der Waals surface area contributed by atoms with Gasteiger partial charge in [-0.05, 0) is 30.7 Å². The van der Waals surface area contributed by atoms with Crippen molar-refractivity contribution in [2.24, 2.45) is 0 Å². The summed E-state index contributed by atoms with van der Waals surface area (Å²) in [5.41, 5.74) is -0.876. The van der Waals surface area contributed by atoms with E-state index in [1.807, 2.05) is 17.5 Å². The number of carbonyl (C=O) groups excluding carboxylic acids is 1. The first-order chi connectivity index (χ1) is 9.03. The SMILES string of the molecule is CN(Cc1cccs1)C(=O)CNC1(C(=O)O)CCC1. The Hall–Kier alpha value is -1.40. The lowest BCUT2D eigenvalue weighted by Gasteiger charge is -2.38. The Morgan fingerprint density at radius 3 is 2.74 bits per heavy atom. The van der Waals surface area contributed by atoms with E-state index in [0.717, 1.165) is 11.3 Å². The first-order valence-electron chi connectivity index (χ1n) is 6.28. The zero-order valence-electron chi connectivity index (χ0n) is 10.9. The first-order valence-corrected chi connectivity index (χ1v) is 7.16. The number of carbonyl (C=O) groups is 2. The summed E-state index contributed by atoms with van der Waals surface area (Å²) < 4.78 is 0. The van der Waals surface area contributed by atoms with Gasteiger partial charge in [0.1, 0.15) is 5.54 Å². The Kier molecular flexibility index (Phi) is 4.21. The van der Waals surface area contributed by atoms with Gasteiger partial charge in [-0.15, -0.1) is 11.3 Å². The minimum absolute atomic E-state index is 0.0776. The fourth-order valence-corrected chi connectivity index (χ4v) is 2.86. The van der Waals surface area contributed by atoms with Gasteiger partial charge in [0, 0.05) is 11.9 Å². The molecule has 1 aliphatic carbocycles. The molecule has 0 aliphatic heterocycles. The van der Waals surface area contributed by atoms with E-state index in [0.29, 0.717) is 19.4 Å². The number of rotatable bonds is 6. The molecule has 0 atom stereocenters. The van der Waals surface area contributed by atoms with Gasteiger partial charge in [0.2, 0.25) is 5.91 Å². The van der Waals surface area contributed by atoms with Crippen molar-refractivity contribution in [2.75, 3.05) is 13.6 Å². The van der Waals surface area contributed by atoms with Crippen molar-refractivity contribution in [3.8, 4) is 0 Å². The van der Waals surface area contributed by atoms with Crippen LogP contribution in [0.5, 0.6) is 0 Å². The fraction of sp³-hybridized carbons (Fsp3) is 0.538. The van der Waals surface area contributed by atoms with Gasteiger partial charge in [-0.2, -0.15) is 0 Å². The molecule has 19 heavy (non-hydrogen) atoms. The lowest BCUT2D eigenvalue weighted by Crippen LogP contribution is -2.59. The molecular weight excluding hydrogens is 264 g/mol. The summed E-state index contributed by atoms with van der Waals surface area (Å²) >= 11 is 1.60. The molecule has 2 N–H and O–H groups in total. The second-order valence-corrected chi connectivity index (χ2v) is 5.96. The number of aliphatic carboxylic acids is 1. The minimum atomic E-state index is -0.876. The maximum absolute atomic E-state index is 12.0. The zero-order valence-corrected chi connectivity index (χ0v) is 11.7. The first kappa shape index (κ1) is 14.0. The molecule has 6 heteroatoms. The molecule has 1 aliphatic rings. The third-order valence-electron chi connectivity index (χ3n) is 3.59. The van der Waals surface area contributed by atoms with Crippen molar-refractivity contribution < 1.29 is 14.7 Å². The summed E-state index contributed by atoms with van der Waals surface area (Å²) in [7, 11) is 1.73. The lowest BCUT2D eigenvalue weighted by molar-refractivity contribution is -0.149. The van der Waals surface area contributed by atoms with E-state index in [2.05, 4.69) is 5.32 Å². The monoisotopic (exact) mass is 282 g/mol. The van der Waals surface area contributed by atoms with E-state index < -0.39 is 11.5 Å². The van der Waals surface area contributed by atoms with Gasteiger partial charge in [-0.25, -0.2) is 0 Å². The Labute approximate surface area is 116 Å². The van der Waals surface area contributed by atoms with Crippen LogP contribution in [0.3, 0.4) is 0 Å². The number of amides is 1. The van der Waals surface area contributed by atoms with Crippen LogP contribution in [0, 0.1) is 0 Å². The van der Waals surface area contributed by atoms with E-state index in [-0.39, 0.29) is 12.5 Å². The van der Waals surface area contributed by atoms with Gasteiger partial charge in [-0.1, -0.05) is 6.07 Å². The maximum atomic E-state index is 12.0. The van der Waals surface area contributed by atoms with Crippen LogP contribution >= 0.6 is 11.3 Å². The lowest BCUT2D eigenvalue weighted by atomic mass is 9.77. The third kappa shape index (κ3) is 3.13. The van der Waals surface area contributed by atoms with Crippen molar-refractivity contribution in [3.63, 3.8) is 0 Å².